The topological polar surface area (TPSA) is 9.23 Å². The van der Waals surface area contributed by atoms with E-state index in [0.29, 0.717) is 6.61 Å². The van der Waals surface area contributed by atoms with Crippen LogP contribution in [0, 0.1) is 0 Å². The van der Waals surface area contributed by atoms with Gasteiger partial charge in [-0.1, -0.05) is 27.5 Å². The molecule has 70 valence electrons. The Morgan fingerprint density at radius 2 is 2.08 bits per heavy atom. The molecule has 0 aliphatic carbocycles. The first kappa shape index (κ1) is 10.6. The SMILES string of the molecule is C/C(=C/Cl)COc1ccc(Br)cc1. The Morgan fingerprint density at radius 1 is 1.46 bits per heavy atom. The molecule has 0 atom stereocenters. The molecule has 0 bridgehead atoms. The van der Waals surface area contributed by atoms with E-state index in [4.69, 9.17) is 16.3 Å². The summed E-state index contributed by atoms with van der Waals surface area (Å²) >= 11 is 8.85. The number of benzene rings is 1. The lowest BCUT2D eigenvalue weighted by Crippen LogP contribution is -1.97. The fourth-order valence-electron chi connectivity index (χ4n) is 0.759. The Hall–Kier alpha value is -0.470. The molecule has 1 nitrogen and oxygen atoms in total. The summed E-state index contributed by atoms with van der Waals surface area (Å²) in [5, 5.41) is 0. The zero-order valence-electron chi connectivity index (χ0n) is 7.26. The minimum atomic E-state index is 0.533. The summed E-state index contributed by atoms with van der Waals surface area (Å²) in [5.74, 6) is 0.848. The maximum Gasteiger partial charge on any atom is 0.119 e. The van der Waals surface area contributed by atoms with Crippen LogP contribution in [-0.2, 0) is 0 Å². The number of halogens is 2. The van der Waals surface area contributed by atoms with Crippen LogP contribution in [0.15, 0.2) is 39.8 Å². The van der Waals surface area contributed by atoms with Gasteiger partial charge in [-0.15, -0.1) is 0 Å². The first-order valence-corrected chi connectivity index (χ1v) is 5.09. The summed E-state index contributed by atoms with van der Waals surface area (Å²) in [5.41, 5.74) is 2.53. The van der Waals surface area contributed by atoms with Gasteiger partial charge in [-0.3, -0.25) is 0 Å². The van der Waals surface area contributed by atoms with E-state index < -0.39 is 0 Å². The van der Waals surface area contributed by atoms with Gasteiger partial charge in [0.15, 0.2) is 0 Å². The van der Waals surface area contributed by atoms with Crippen molar-refractivity contribution in [3.05, 3.63) is 39.8 Å². The Balaban J connectivity index is 2.51. The summed E-state index contributed by atoms with van der Waals surface area (Å²) in [7, 11) is 0. The molecule has 1 aromatic rings. The summed E-state index contributed by atoms with van der Waals surface area (Å²) in [4.78, 5) is 0. The van der Waals surface area contributed by atoms with Crippen molar-refractivity contribution in [2.45, 2.75) is 6.92 Å². The van der Waals surface area contributed by atoms with Crippen LogP contribution in [0.2, 0.25) is 0 Å². The van der Waals surface area contributed by atoms with E-state index in [9.17, 15) is 0 Å². The van der Waals surface area contributed by atoms with Crippen molar-refractivity contribution in [2.75, 3.05) is 6.61 Å². The fraction of sp³-hybridized carbons (Fsp3) is 0.200. The van der Waals surface area contributed by atoms with Crippen LogP contribution in [0.3, 0.4) is 0 Å². The van der Waals surface area contributed by atoms with Crippen molar-refractivity contribution in [1.82, 2.24) is 0 Å². The fourth-order valence-corrected chi connectivity index (χ4v) is 1.09. The Labute approximate surface area is 91.5 Å². The minimum Gasteiger partial charge on any atom is -0.489 e. The summed E-state index contributed by atoms with van der Waals surface area (Å²) in [6, 6.07) is 7.70. The predicted octanol–water partition coefficient (Wildman–Crippen LogP) is 3.97. The van der Waals surface area contributed by atoms with E-state index in [1.54, 1.807) is 0 Å². The second-order valence-corrected chi connectivity index (χ2v) is 3.83. The molecule has 0 radical (unpaired) electrons. The van der Waals surface area contributed by atoms with E-state index >= 15 is 0 Å². The number of hydrogen-bond acceptors (Lipinski definition) is 1. The van der Waals surface area contributed by atoms with Gasteiger partial charge in [0.1, 0.15) is 12.4 Å². The van der Waals surface area contributed by atoms with Gasteiger partial charge >= 0.3 is 0 Å². The summed E-state index contributed by atoms with van der Waals surface area (Å²) in [6.45, 7) is 2.46. The number of rotatable bonds is 3. The molecule has 0 aliphatic heterocycles. The number of hydrogen-bond donors (Lipinski definition) is 0. The van der Waals surface area contributed by atoms with Crippen molar-refractivity contribution >= 4 is 27.5 Å². The molecule has 0 spiro atoms. The van der Waals surface area contributed by atoms with Gasteiger partial charge in [-0.05, 0) is 36.8 Å². The van der Waals surface area contributed by atoms with E-state index in [-0.39, 0.29) is 0 Å². The summed E-state index contributed by atoms with van der Waals surface area (Å²) in [6.07, 6.45) is 0. The van der Waals surface area contributed by atoms with Gasteiger partial charge in [-0.2, -0.15) is 0 Å². The third-order valence-electron chi connectivity index (χ3n) is 1.47. The molecule has 0 N–H and O–H groups in total. The van der Waals surface area contributed by atoms with E-state index in [2.05, 4.69) is 15.9 Å². The molecule has 0 aliphatic rings. The van der Waals surface area contributed by atoms with Gasteiger partial charge in [-0.25, -0.2) is 0 Å². The van der Waals surface area contributed by atoms with E-state index in [0.717, 1.165) is 15.8 Å². The molecule has 13 heavy (non-hydrogen) atoms. The molecule has 3 heteroatoms. The van der Waals surface area contributed by atoms with Crippen LogP contribution in [0.1, 0.15) is 6.92 Å². The lowest BCUT2D eigenvalue weighted by molar-refractivity contribution is 0.352. The lowest BCUT2D eigenvalue weighted by Gasteiger charge is -2.05. The smallest absolute Gasteiger partial charge is 0.119 e. The third-order valence-corrected chi connectivity index (χ3v) is 2.37. The van der Waals surface area contributed by atoms with Crippen molar-refractivity contribution < 1.29 is 4.74 Å². The monoisotopic (exact) mass is 260 g/mol. The van der Waals surface area contributed by atoms with Gasteiger partial charge in [0.05, 0.1) is 0 Å². The first-order valence-electron chi connectivity index (χ1n) is 3.86. The zero-order chi connectivity index (χ0) is 9.68. The highest BCUT2D eigenvalue weighted by Crippen LogP contribution is 2.16. The normalized spacial score (nSPS) is 11.5. The molecular weight excluding hydrogens is 251 g/mol. The van der Waals surface area contributed by atoms with Crippen LogP contribution >= 0.6 is 27.5 Å². The van der Waals surface area contributed by atoms with Gasteiger partial charge in [0.25, 0.3) is 0 Å². The summed E-state index contributed by atoms with van der Waals surface area (Å²) < 4.78 is 6.49. The second-order valence-electron chi connectivity index (χ2n) is 2.70. The molecule has 1 rings (SSSR count). The molecule has 0 aromatic heterocycles. The second kappa shape index (κ2) is 5.30. The van der Waals surface area contributed by atoms with Crippen molar-refractivity contribution in [3.63, 3.8) is 0 Å². The quantitative estimate of drug-likeness (QED) is 0.800. The zero-order valence-corrected chi connectivity index (χ0v) is 9.60. The van der Waals surface area contributed by atoms with Crippen molar-refractivity contribution in [2.24, 2.45) is 0 Å². The van der Waals surface area contributed by atoms with Crippen LogP contribution in [0.5, 0.6) is 5.75 Å². The Kier molecular flexibility index (Phi) is 4.33. The predicted molar refractivity (Wildman–Crippen MR) is 59.2 cm³/mol. The molecule has 1 aromatic carbocycles. The van der Waals surface area contributed by atoms with Crippen LogP contribution in [-0.4, -0.2) is 6.61 Å². The standard InChI is InChI=1S/C10H10BrClO/c1-8(6-12)7-13-10-4-2-9(11)3-5-10/h2-6H,7H2,1H3/b8-6-. The van der Waals surface area contributed by atoms with Crippen molar-refractivity contribution in [1.29, 1.82) is 0 Å². The third kappa shape index (κ3) is 3.83. The van der Waals surface area contributed by atoms with E-state index in [1.807, 2.05) is 31.2 Å². The van der Waals surface area contributed by atoms with Crippen LogP contribution < -0.4 is 4.74 Å². The minimum absolute atomic E-state index is 0.533. The molecule has 0 unspecified atom stereocenters. The highest BCUT2D eigenvalue weighted by molar-refractivity contribution is 9.10. The van der Waals surface area contributed by atoms with Gasteiger partial charge in [0, 0.05) is 10.0 Å². The van der Waals surface area contributed by atoms with Gasteiger partial charge < -0.3 is 4.74 Å². The molecule has 0 fully saturated rings. The van der Waals surface area contributed by atoms with Crippen LogP contribution in [0.4, 0.5) is 0 Å². The number of ether oxygens (including phenoxy) is 1. The lowest BCUT2D eigenvalue weighted by atomic mass is 10.3. The molecular formula is C10H10BrClO. The average Bonchev–Trinajstić information content (AvgIpc) is 2.16. The van der Waals surface area contributed by atoms with Crippen molar-refractivity contribution in [3.8, 4) is 5.75 Å². The van der Waals surface area contributed by atoms with Crippen LogP contribution in [0.25, 0.3) is 0 Å². The largest absolute Gasteiger partial charge is 0.489 e. The maximum absolute atomic E-state index is 5.49. The molecule has 0 saturated heterocycles. The first-order chi connectivity index (χ1) is 6.22. The van der Waals surface area contributed by atoms with E-state index in [1.165, 1.54) is 5.54 Å². The maximum atomic E-state index is 5.49. The highest BCUT2D eigenvalue weighted by Gasteiger charge is 1.93. The average molecular weight is 262 g/mol. The Morgan fingerprint density at radius 3 is 2.62 bits per heavy atom. The molecule has 0 amide bonds. The Bertz CT molecular complexity index is 292. The van der Waals surface area contributed by atoms with Gasteiger partial charge in [0.2, 0.25) is 0 Å². The highest BCUT2D eigenvalue weighted by atomic mass is 79.9. The molecule has 0 saturated carbocycles. The molecule has 0 heterocycles.